The van der Waals surface area contributed by atoms with E-state index in [1.165, 1.54) is 0 Å². The van der Waals surface area contributed by atoms with Crippen LogP contribution in [0.3, 0.4) is 0 Å². The van der Waals surface area contributed by atoms with Gasteiger partial charge < -0.3 is 24.7 Å². The Morgan fingerprint density at radius 1 is 0.905 bits per heavy atom. The highest BCUT2D eigenvalue weighted by atomic mass is 16.6. The topological polar surface area (TPSA) is 96.5 Å². The van der Waals surface area contributed by atoms with E-state index in [0.717, 1.165) is 26.3 Å². The van der Waals surface area contributed by atoms with E-state index in [-0.39, 0.29) is 30.3 Å². The van der Waals surface area contributed by atoms with Crippen molar-refractivity contribution in [2.75, 3.05) is 39.5 Å². The molecule has 0 aromatic heterocycles. The molecule has 118 valence electrons. The molecule has 7 heteroatoms. The maximum absolute atomic E-state index is 12.4. The van der Waals surface area contributed by atoms with Gasteiger partial charge in [-0.3, -0.25) is 9.69 Å². The van der Waals surface area contributed by atoms with Gasteiger partial charge in [0.2, 0.25) is 5.91 Å². The Bertz CT molecular complexity index is 388. The van der Waals surface area contributed by atoms with Crippen molar-refractivity contribution in [3.05, 3.63) is 0 Å². The van der Waals surface area contributed by atoms with Crippen molar-refractivity contribution in [3.63, 3.8) is 0 Å². The summed E-state index contributed by atoms with van der Waals surface area (Å²) in [6, 6.07) is 0. The van der Waals surface area contributed by atoms with Gasteiger partial charge in [-0.25, -0.2) is 0 Å². The maximum atomic E-state index is 12.4. The van der Waals surface area contributed by atoms with Gasteiger partial charge in [0.05, 0.1) is 50.8 Å². The predicted molar refractivity (Wildman–Crippen MR) is 71.7 cm³/mol. The molecule has 1 amide bonds. The number of primary amides is 1. The Balaban J connectivity index is 1.56. The van der Waals surface area contributed by atoms with E-state index in [4.69, 9.17) is 24.7 Å². The van der Waals surface area contributed by atoms with Crippen molar-refractivity contribution in [3.8, 4) is 0 Å². The van der Waals surface area contributed by atoms with Gasteiger partial charge in [-0.2, -0.15) is 0 Å². The SMILES string of the molecule is NC(=O)C(CC1CO1)(CC1CO1)N(CC1CO1)CC1CO1. The van der Waals surface area contributed by atoms with Gasteiger partial charge in [-0.05, 0) is 0 Å². The van der Waals surface area contributed by atoms with Crippen LogP contribution in [0.1, 0.15) is 12.8 Å². The number of carbonyl (C=O) groups is 1. The molecule has 0 radical (unpaired) electrons. The summed E-state index contributed by atoms with van der Waals surface area (Å²) in [5.74, 6) is -0.283. The average Bonchev–Trinajstić information content (AvgIpc) is 3.28. The lowest BCUT2D eigenvalue weighted by Crippen LogP contribution is -2.61. The number of rotatable bonds is 10. The average molecular weight is 298 g/mol. The van der Waals surface area contributed by atoms with Gasteiger partial charge in [-0.1, -0.05) is 0 Å². The van der Waals surface area contributed by atoms with Crippen molar-refractivity contribution >= 4 is 5.91 Å². The number of carbonyl (C=O) groups excluding carboxylic acids is 1. The Morgan fingerprint density at radius 2 is 1.29 bits per heavy atom. The Labute approximate surface area is 123 Å². The molecule has 4 heterocycles. The summed E-state index contributed by atoms with van der Waals surface area (Å²) < 4.78 is 21.5. The highest BCUT2D eigenvalue weighted by Gasteiger charge is 2.52. The predicted octanol–water partition coefficient (Wildman–Crippen LogP) is -1.11. The second-order valence-electron chi connectivity index (χ2n) is 6.53. The van der Waals surface area contributed by atoms with Crippen molar-refractivity contribution < 1.29 is 23.7 Å². The van der Waals surface area contributed by atoms with Gasteiger partial charge in [0.1, 0.15) is 5.54 Å². The lowest BCUT2D eigenvalue weighted by Gasteiger charge is -2.41. The molecule has 4 saturated heterocycles. The second-order valence-corrected chi connectivity index (χ2v) is 6.53. The van der Waals surface area contributed by atoms with Crippen LogP contribution >= 0.6 is 0 Å². The van der Waals surface area contributed by atoms with Gasteiger partial charge in [0, 0.05) is 25.9 Å². The molecule has 21 heavy (non-hydrogen) atoms. The van der Waals surface area contributed by atoms with Gasteiger partial charge in [0.25, 0.3) is 0 Å². The van der Waals surface area contributed by atoms with E-state index in [1.54, 1.807) is 0 Å². The summed E-state index contributed by atoms with van der Waals surface area (Å²) in [5, 5.41) is 0. The van der Waals surface area contributed by atoms with E-state index >= 15 is 0 Å². The van der Waals surface area contributed by atoms with Crippen molar-refractivity contribution in [2.45, 2.75) is 42.8 Å². The summed E-state index contributed by atoms with van der Waals surface area (Å²) >= 11 is 0. The quantitative estimate of drug-likeness (QED) is 0.514. The van der Waals surface area contributed by atoms with Gasteiger partial charge in [-0.15, -0.1) is 0 Å². The molecule has 0 saturated carbocycles. The van der Waals surface area contributed by atoms with Crippen LogP contribution < -0.4 is 5.73 Å². The lowest BCUT2D eigenvalue weighted by atomic mass is 9.84. The largest absolute Gasteiger partial charge is 0.373 e. The second kappa shape index (κ2) is 5.17. The zero-order chi connectivity index (χ0) is 14.4. The summed E-state index contributed by atoms with van der Waals surface area (Å²) in [7, 11) is 0. The van der Waals surface area contributed by atoms with Crippen molar-refractivity contribution in [1.82, 2.24) is 4.90 Å². The molecule has 0 aromatic carbocycles. The van der Waals surface area contributed by atoms with E-state index in [1.807, 2.05) is 0 Å². The van der Waals surface area contributed by atoms with Gasteiger partial charge in [0.15, 0.2) is 0 Å². The highest BCUT2D eigenvalue weighted by Crippen LogP contribution is 2.37. The van der Waals surface area contributed by atoms with Crippen LogP contribution in [0.5, 0.6) is 0 Å². The Hall–Kier alpha value is -0.730. The number of epoxide rings is 4. The number of amides is 1. The zero-order valence-corrected chi connectivity index (χ0v) is 12.0. The molecule has 7 nitrogen and oxygen atoms in total. The third-order valence-corrected chi connectivity index (χ3v) is 4.65. The van der Waals surface area contributed by atoms with E-state index < -0.39 is 5.54 Å². The van der Waals surface area contributed by atoms with Crippen LogP contribution in [0.4, 0.5) is 0 Å². The fourth-order valence-corrected chi connectivity index (χ4v) is 3.09. The van der Waals surface area contributed by atoms with Crippen LogP contribution in [0.25, 0.3) is 0 Å². The van der Waals surface area contributed by atoms with Crippen LogP contribution in [0.15, 0.2) is 0 Å². The molecule has 0 spiro atoms. The van der Waals surface area contributed by atoms with Crippen LogP contribution in [0.2, 0.25) is 0 Å². The first-order chi connectivity index (χ1) is 10.2. The fourth-order valence-electron chi connectivity index (χ4n) is 3.09. The molecule has 4 aliphatic heterocycles. The standard InChI is InChI=1S/C14H22N2O5/c15-13(17)14(1-9-5-18-9,2-10-6-19-10)16(3-11-7-20-11)4-12-8-21-12/h9-12H,1-8H2,(H2,15,17). The molecular weight excluding hydrogens is 276 g/mol. The Kier molecular flexibility index (Phi) is 3.42. The minimum absolute atomic E-state index is 0.138. The van der Waals surface area contributed by atoms with E-state index in [2.05, 4.69) is 4.90 Å². The van der Waals surface area contributed by atoms with E-state index in [0.29, 0.717) is 26.1 Å². The first-order valence-corrected chi connectivity index (χ1v) is 7.67. The molecule has 2 N–H and O–H groups in total. The number of hydrogen-bond acceptors (Lipinski definition) is 6. The lowest BCUT2D eigenvalue weighted by molar-refractivity contribution is -0.132. The number of nitrogens with zero attached hydrogens (tertiary/aromatic N) is 1. The molecule has 4 unspecified atom stereocenters. The maximum Gasteiger partial charge on any atom is 0.238 e. The van der Waals surface area contributed by atoms with Crippen LogP contribution in [-0.4, -0.2) is 80.3 Å². The molecule has 4 fully saturated rings. The van der Waals surface area contributed by atoms with E-state index in [9.17, 15) is 4.79 Å². The summed E-state index contributed by atoms with van der Waals surface area (Å²) in [6.07, 6.45) is 1.98. The number of hydrogen-bond donors (Lipinski definition) is 1. The number of ether oxygens (including phenoxy) is 4. The third kappa shape index (κ3) is 3.37. The monoisotopic (exact) mass is 298 g/mol. The normalized spacial score (nSPS) is 38.9. The van der Waals surface area contributed by atoms with Crippen molar-refractivity contribution in [1.29, 1.82) is 0 Å². The minimum Gasteiger partial charge on any atom is -0.373 e. The first kappa shape index (κ1) is 13.9. The summed E-state index contributed by atoms with van der Waals surface area (Å²) in [4.78, 5) is 14.6. The smallest absolute Gasteiger partial charge is 0.238 e. The molecule has 4 atom stereocenters. The zero-order valence-electron chi connectivity index (χ0n) is 12.0. The summed E-state index contributed by atoms with van der Waals surface area (Å²) in [5.41, 5.74) is 5.14. The molecular formula is C14H22N2O5. The molecule has 0 aliphatic carbocycles. The number of nitrogens with two attached hydrogens (primary N) is 1. The Morgan fingerprint density at radius 3 is 1.57 bits per heavy atom. The molecule has 4 rings (SSSR count). The fraction of sp³-hybridized carbons (Fsp3) is 0.929. The molecule has 4 aliphatic rings. The highest BCUT2D eigenvalue weighted by molar-refractivity contribution is 5.85. The molecule has 0 bridgehead atoms. The third-order valence-electron chi connectivity index (χ3n) is 4.65. The molecule has 0 aromatic rings. The van der Waals surface area contributed by atoms with Crippen LogP contribution in [0, 0.1) is 0 Å². The first-order valence-electron chi connectivity index (χ1n) is 7.67. The van der Waals surface area contributed by atoms with Crippen molar-refractivity contribution in [2.24, 2.45) is 5.73 Å². The van der Waals surface area contributed by atoms with Gasteiger partial charge >= 0.3 is 0 Å². The van der Waals surface area contributed by atoms with Crippen LogP contribution in [-0.2, 0) is 23.7 Å². The minimum atomic E-state index is -0.708. The summed E-state index contributed by atoms with van der Waals surface area (Å²) in [6.45, 7) is 4.40.